The molecule has 1 aromatic rings. The van der Waals surface area contributed by atoms with E-state index in [-0.39, 0.29) is 0 Å². The quantitative estimate of drug-likeness (QED) is 0.497. The second-order valence-electron chi connectivity index (χ2n) is 5.95. The van der Waals surface area contributed by atoms with E-state index in [9.17, 15) is 13.2 Å². The van der Waals surface area contributed by atoms with Crippen LogP contribution >= 0.6 is 11.6 Å². The highest BCUT2D eigenvalue weighted by atomic mass is 35.5. The standard InChI is InChI=1S/C16H23ClF3N5/c1-12(16(18,19)20)24-7-9-25(10-8-24)15(21-2)22-6-5-13-3-4-14(17)23-11-13/h3-4,11-12H,5-10H2,1-2H3,(H,21,22). The summed E-state index contributed by atoms with van der Waals surface area (Å²) in [6, 6.07) is 2.24. The molecule has 1 N–H and O–H groups in total. The molecule has 140 valence electrons. The van der Waals surface area contributed by atoms with E-state index in [2.05, 4.69) is 15.3 Å². The van der Waals surface area contributed by atoms with Gasteiger partial charge in [0.05, 0.1) is 0 Å². The zero-order valence-electron chi connectivity index (χ0n) is 14.4. The summed E-state index contributed by atoms with van der Waals surface area (Å²) in [5, 5.41) is 3.71. The fourth-order valence-electron chi connectivity index (χ4n) is 2.73. The lowest BCUT2D eigenvalue weighted by molar-refractivity contribution is -0.181. The van der Waals surface area contributed by atoms with Crippen LogP contribution in [0.15, 0.2) is 23.3 Å². The van der Waals surface area contributed by atoms with E-state index in [1.54, 1.807) is 19.3 Å². The normalized spacial score (nSPS) is 18.3. The van der Waals surface area contributed by atoms with Crippen molar-refractivity contribution in [2.75, 3.05) is 39.8 Å². The molecular weight excluding hydrogens is 355 g/mol. The number of halogens is 4. The number of guanidine groups is 1. The van der Waals surface area contributed by atoms with Gasteiger partial charge in [0.1, 0.15) is 11.2 Å². The summed E-state index contributed by atoms with van der Waals surface area (Å²) in [7, 11) is 1.68. The Morgan fingerprint density at radius 1 is 1.32 bits per heavy atom. The first-order chi connectivity index (χ1) is 11.8. The van der Waals surface area contributed by atoms with E-state index in [1.165, 1.54) is 11.8 Å². The molecule has 1 aliphatic heterocycles. The zero-order valence-corrected chi connectivity index (χ0v) is 15.1. The van der Waals surface area contributed by atoms with Gasteiger partial charge in [-0.25, -0.2) is 4.98 Å². The number of aromatic nitrogens is 1. The molecule has 1 unspecified atom stereocenters. The van der Waals surface area contributed by atoms with Gasteiger partial charge < -0.3 is 10.2 Å². The lowest BCUT2D eigenvalue weighted by atomic mass is 10.2. The Labute approximate surface area is 150 Å². The Morgan fingerprint density at radius 3 is 2.52 bits per heavy atom. The average Bonchev–Trinajstić information content (AvgIpc) is 2.59. The maximum atomic E-state index is 12.8. The molecule has 0 radical (unpaired) electrons. The van der Waals surface area contributed by atoms with E-state index in [0.717, 1.165) is 12.0 Å². The van der Waals surface area contributed by atoms with E-state index in [1.807, 2.05) is 11.0 Å². The van der Waals surface area contributed by atoms with Gasteiger partial charge in [-0.1, -0.05) is 17.7 Å². The van der Waals surface area contributed by atoms with Gasteiger partial charge >= 0.3 is 6.18 Å². The van der Waals surface area contributed by atoms with Gasteiger partial charge in [-0.3, -0.25) is 9.89 Å². The Bertz CT molecular complexity index is 568. The molecule has 0 aliphatic carbocycles. The number of nitrogens with zero attached hydrogens (tertiary/aromatic N) is 4. The molecule has 9 heteroatoms. The number of hydrogen-bond acceptors (Lipinski definition) is 3. The Balaban J connectivity index is 1.79. The van der Waals surface area contributed by atoms with E-state index < -0.39 is 12.2 Å². The molecule has 0 spiro atoms. The molecule has 1 saturated heterocycles. The fourth-order valence-corrected chi connectivity index (χ4v) is 2.85. The van der Waals surface area contributed by atoms with Crippen LogP contribution in [0.25, 0.3) is 0 Å². The maximum Gasteiger partial charge on any atom is 0.403 e. The Kier molecular flexibility index (Phi) is 6.89. The number of rotatable bonds is 4. The predicted molar refractivity (Wildman–Crippen MR) is 93.0 cm³/mol. The molecule has 2 heterocycles. The molecule has 1 fully saturated rings. The summed E-state index contributed by atoms with van der Waals surface area (Å²) in [4.78, 5) is 11.7. The average molecular weight is 378 g/mol. The molecular formula is C16H23ClF3N5. The third-order valence-electron chi connectivity index (χ3n) is 4.33. The van der Waals surface area contributed by atoms with Gasteiger partial charge in [0.25, 0.3) is 0 Å². The second kappa shape index (κ2) is 8.71. The zero-order chi connectivity index (χ0) is 18.4. The highest BCUT2D eigenvalue weighted by molar-refractivity contribution is 6.29. The van der Waals surface area contributed by atoms with E-state index in [0.29, 0.717) is 43.8 Å². The fraction of sp³-hybridized carbons (Fsp3) is 0.625. The first-order valence-corrected chi connectivity index (χ1v) is 8.56. The van der Waals surface area contributed by atoms with Crippen LogP contribution in [0.5, 0.6) is 0 Å². The minimum atomic E-state index is -4.19. The third-order valence-corrected chi connectivity index (χ3v) is 4.56. The summed E-state index contributed by atoms with van der Waals surface area (Å²) in [6.07, 6.45) is -1.70. The van der Waals surface area contributed by atoms with Gasteiger partial charge in [0.15, 0.2) is 5.96 Å². The summed E-state index contributed by atoms with van der Waals surface area (Å²) in [5.41, 5.74) is 1.05. The van der Waals surface area contributed by atoms with Crippen LogP contribution < -0.4 is 5.32 Å². The predicted octanol–water partition coefficient (Wildman–Crippen LogP) is 2.42. The SMILES string of the molecule is CN=C(NCCc1ccc(Cl)nc1)N1CCN(C(C)C(F)(F)F)CC1. The summed E-state index contributed by atoms with van der Waals surface area (Å²) >= 11 is 5.76. The van der Waals surface area contributed by atoms with Crippen molar-refractivity contribution < 1.29 is 13.2 Å². The molecule has 5 nitrogen and oxygen atoms in total. The molecule has 1 aliphatic rings. The first-order valence-electron chi connectivity index (χ1n) is 8.18. The topological polar surface area (TPSA) is 43.8 Å². The number of pyridine rings is 1. The Morgan fingerprint density at radius 2 is 2.00 bits per heavy atom. The molecule has 0 amide bonds. The van der Waals surface area contributed by atoms with Crippen molar-refractivity contribution in [1.29, 1.82) is 0 Å². The lowest BCUT2D eigenvalue weighted by Crippen LogP contribution is -2.56. The summed E-state index contributed by atoms with van der Waals surface area (Å²) < 4.78 is 38.4. The molecule has 0 aromatic carbocycles. The monoisotopic (exact) mass is 377 g/mol. The van der Waals surface area contributed by atoms with Crippen LogP contribution in [-0.2, 0) is 6.42 Å². The number of piperazine rings is 1. The van der Waals surface area contributed by atoms with Gasteiger partial charge in [-0.05, 0) is 25.0 Å². The van der Waals surface area contributed by atoms with Gasteiger partial charge in [0.2, 0.25) is 0 Å². The van der Waals surface area contributed by atoms with Crippen LogP contribution in [0, 0.1) is 0 Å². The van der Waals surface area contributed by atoms with Crippen LogP contribution in [0.4, 0.5) is 13.2 Å². The van der Waals surface area contributed by atoms with Gasteiger partial charge in [-0.15, -0.1) is 0 Å². The van der Waals surface area contributed by atoms with Crippen LogP contribution in [0.2, 0.25) is 5.15 Å². The second-order valence-corrected chi connectivity index (χ2v) is 6.34. The van der Waals surface area contributed by atoms with Crippen molar-refractivity contribution in [3.63, 3.8) is 0 Å². The molecule has 1 atom stereocenters. The van der Waals surface area contributed by atoms with Crippen molar-refractivity contribution in [3.05, 3.63) is 29.0 Å². The summed E-state index contributed by atoms with van der Waals surface area (Å²) in [6.45, 7) is 3.63. The molecule has 0 saturated carbocycles. The van der Waals surface area contributed by atoms with Crippen molar-refractivity contribution in [3.8, 4) is 0 Å². The largest absolute Gasteiger partial charge is 0.403 e. The minimum absolute atomic E-state index is 0.364. The highest BCUT2D eigenvalue weighted by Crippen LogP contribution is 2.25. The molecule has 1 aromatic heterocycles. The van der Waals surface area contributed by atoms with Crippen LogP contribution in [-0.4, -0.2) is 72.7 Å². The number of aliphatic imine (C=N–C) groups is 1. The van der Waals surface area contributed by atoms with Crippen LogP contribution in [0.1, 0.15) is 12.5 Å². The lowest BCUT2D eigenvalue weighted by Gasteiger charge is -2.39. The third kappa shape index (κ3) is 5.74. The van der Waals surface area contributed by atoms with Gasteiger partial charge in [0, 0.05) is 46.0 Å². The maximum absolute atomic E-state index is 12.8. The highest BCUT2D eigenvalue weighted by Gasteiger charge is 2.41. The molecule has 0 bridgehead atoms. The van der Waals surface area contributed by atoms with Crippen molar-refractivity contribution >= 4 is 17.6 Å². The van der Waals surface area contributed by atoms with Crippen molar-refractivity contribution in [1.82, 2.24) is 20.1 Å². The van der Waals surface area contributed by atoms with Crippen molar-refractivity contribution in [2.24, 2.45) is 4.99 Å². The summed E-state index contributed by atoms with van der Waals surface area (Å²) in [5.74, 6) is 0.709. The van der Waals surface area contributed by atoms with E-state index >= 15 is 0 Å². The molecule has 2 rings (SSSR count). The van der Waals surface area contributed by atoms with Crippen molar-refractivity contribution in [2.45, 2.75) is 25.6 Å². The smallest absolute Gasteiger partial charge is 0.356 e. The number of nitrogens with one attached hydrogen (secondary N) is 1. The number of hydrogen-bond donors (Lipinski definition) is 1. The molecule has 25 heavy (non-hydrogen) atoms. The number of alkyl halides is 3. The van der Waals surface area contributed by atoms with Crippen LogP contribution in [0.3, 0.4) is 0 Å². The Hall–Kier alpha value is -1.54. The first kappa shape index (κ1) is 19.8. The van der Waals surface area contributed by atoms with Gasteiger partial charge in [-0.2, -0.15) is 13.2 Å². The minimum Gasteiger partial charge on any atom is -0.356 e. The van der Waals surface area contributed by atoms with E-state index in [4.69, 9.17) is 11.6 Å².